The molecule has 2 aromatic rings. The molecule has 0 aliphatic heterocycles. The summed E-state index contributed by atoms with van der Waals surface area (Å²) in [7, 11) is 1.68. The Morgan fingerprint density at radius 2 is 2.25 bits per heavy atom. The van der Waals surface area contributed by atoms with Gasteiger partial charge in [-0.2, -0.15) is 5.10 Å². The normalized spacial score (nSPS) is 10.3. The molecule has 0 spiro atoms. The number of hydrogen-bond donors (Lipinski definition) is 2. The van der Waals surface area contributed by atoms with Crippen molar-refractivity contribution in [3.63, 3.8) is 0 Å². The molecule has 1 amide bonds. The highest BCUT2D eigenvalue weighted by molar-refractivity contribution is 5.91. The van der Waals surface area contributed by atoms with Crippen LogP contribution in [0.5, 0.6) is 0 Å². The molecule has 0 saturated carbocycles. The van der Waals surface area contributed by atoms with E-state index in [2.05, 4.69) is 37.6 Å². The van der Waals surface area contributed by atoms with Crippen LogP contribution in [0.2, 0.25) is 0 Å². The number of carbonyl (C=O) groups is 1. The fraction of sp³-hybridized carbons (Fsp3) is 0.417. The second-order valence-corrected chi connectivity index (χ2v) is 4.32. The van der Waals surface area contributed by atoms with Crippen molar-refractivity contribution in [1.29, 1.82) is 0 Å². The smallest absolute Gasteiger partial charge is 0.274 e. The highest BCUT2D eigenvalue weighted by Crippen LogP contribution is 2.06. The van der Waals surface area contributed by atoms with E-state index < -0.39 is 0 Å². The van der Waals surface area contributed by atoms with Gasteiger partial charge in [0.25, 0.3) is 5.91 Å². The van der Waals surface area contributed by atoms with Gasteiger partial charge in [-0.3, -0.25) is 9.89 Å². The largest absolute Gasteiger partial charge is 0.369 e. The maximum absolute atomic E-state index is 12.1. The minimum absolute atomic E-state index is 0.212. The van der Waals surface area contributed by atoms with Crippen LogP contribution in [0.1, 0.15) is 29.7 Å². The summed E-state index contributed by atoms with van der Waals surface area (Å²) < 4.78 is 0. The molecule has 2 N–H and O–H groups in total. The summed E-state index contributed by atoms with van der Waals surface area (Å²) in [6, 6.07) is 3.41. The van der Waals surface area contributed by atoms with Gasteiger partial charge in [0.1, 0.15) is 18.0 Å². The number of nitrogens with zero attached hydrogens (tertiary/aromatic N) is 5. The summed E-state index contributed by atoms with van der Waals surface area (Å²) in [6.45, 7) is 3.24. The summed E-state index contributed by atoms with van der Waals surface area (Å²) in [5, 5.41) is 17.5. The van der Waals surface area contributed by atoms with E-state index in [0.29, 0.717) is 23.9 Å². The molecule has 8 heteroatoms. The zero-order valence-corrected chi connectivity index (χ0v) is 11.5. The van der Waals surface area contributed by atoms with Crippen molar-refractivity contribution in [2.24, 2.45) is 0 Å². The van der Waals surface area contributed by atoms with E-state index in [1.165, 1.54) is 11.2 Å². The number of hydrogen-bond acceptors (Lipinski definition) is 6. The predicted molar refractivity (Wildman–Crippen MR) is 73.0 cm³/mol. The molecule has 106 valence electrons. The molecule has 0 bridgehead atoms. The number of amides is 1. The second kappa shape index (κ2) is 6.60. The summed E-state index contributed by atoms with van der Waals surface area (Å²) in [6.07, 6.45) is 2.41. The average molecular weight is 275 g/mol. The molecule has 0 aliphatic carbocycles. The van der Waals surface area contributed by atoms with E-state index in [1.54, 1.807) is 19.2 Å². The molecule has 8 nitrogen and oxygen atoms in total. The molecular formula is C12H17N7O. The Bertz CT molecular complexity index is 537. The highest BCUT2D eigenvalue weighted by Gasteiger charge is 2.15. The zero-order valence-electron chi connectivity index (χ0n) is 11.5. The van der Waals surface area contributed by atoms with Gasteiger partial charge in [0.15, 0.2) is 5.69 Å². The van der Waals surface area contributed by atoms with Crippen LogP contribution >= 0.6 is 0 Å². The average Bonchev–Trinajstić information content (AvgIpc) is 2.97. The number of aromatic amines is 1. The zero-order chi connectivity index (χ0) is 14.4. The number of rotatable bonds is 6. The van der Waals surface area contributed by atoms with Crippen molar-refractivity contribution in [1.82, 2.24) is 30.3 Å². The van der Waals surface area contributed by atoms with Crippen molar-refractivity contribution >= 4 is 11.7 Å². The maximum atomic E-state index is 12.1. The van der Waals surface area contributed by atoms with Crippen LogP contribution in [0, 0.1) is 0 Å². The molecule has 0 aromatic carbocycles. The van der Waals surface area contributed by atoms with Gasteiger partial charge in [-0.25, -0.2) is 4.98 Å². The molecule has 2 heterocycles. The third kappa shape index (κ3) is 3.50. The lowest BCUT2D eigenvalue weighted by Gasteiger charge is -2.14. The Labute approximate surface area is 116 Å². The molecule has 2 aromatic heterocycles. The third-order valence-electron chi connectivity index (χ3n) is 2.64. The van der Waals surface area contributed by atoms with E-state index in [0.717, 1.165) is 13.0 Å². The van der Waals surface area contributed by atoms with Crippen LogP contribution in [0.25, 0.3) is 0 Å². The van der Waals surface area contributed by atoms with Crippen LogP contribution in [-0.4, -0.2) is 49.8 Å². The minimum Gasteiger partial charge on any atom is -0.369 e. The first-order valence-electron chi connectivity index (χ1n) is 6.38. The Morgan fingerprint density at radius 1 is 1.40 bits per heavy atom. The van der Waals surface area contributed by atoms with Gasteiger partial charge in [-0.1, -0.05) is 6.92 Å². The molecule has 0 atom stereocenters. The molecule has 0 saturated heterocycles. The summed E-state index contributed by atoms with van der Waals surface area (Å²) >= 11 is 0. The van der Waals surface area contributed by atoms with Crippen LogP contribution < -0.4 is 5.32 Å². The monoisotopic (exact) mass is 275 g/mol. The van der Waals surface area contributed by atoms with Crippen LogP contribution in [0.15, 0.2) is 18.5 Å². The number of H-pyrrole nitrogens is 1. The number of nitrogens with one attached hydrogen (secondary N) is 2. The van der Waals surface area contributed by atoms with Gasteiger partial charge in [0.2, 0.25) is 0 Å². The van der Waals surface area contributed by atoms with E-state index in [9.17, 15) is 4.79 Å². The first-order chi connectivity index (χ1) is 9.70. The van der Waals surface area contributed by atoms with Gasteiger partial charge < -0.3 is 10.2 Å². The number of anilines is 1. The van der Waals surface area contributed by atoms with Crippen molar-refractivity contribution in [3.8, 4) is 0 Å². The summed E-state index contributed by atoms with van der Waals surface area (Å²) in [5.74, 6) is 1.08. The third-order valence-corrected chi connectivity index (χ3v) is 2.64. The second-order valence-electron chi connectivity index (χ2n) is 4.32. The first-order valence-corrected chi connectivity index (χ1v) is 6.38. The molecule has 0 aliphatic rings. The van der Waals surface area contributed by atoms with E-state index in [4.69, 9.17) is 0 Å². The van der Waals surface area contributed by atoms with Gasteiger partial charge in [0.05, 0.1) is 6.54 Å². The van der Waals surface area contributed by atoms with Crippen molar-refractivity contribution in [2.75, 3.05) is 18.9 Å². The SMILES string of the molecule is CCCNc1ccc(C(=O)N(C)Cc2ncn[nH]2)nn1. The lowest BCUT2D eigenvalue weighted by molar-refractivity contribution is 0.0774. The molecule has 0 radical (unpaired) electrons. The van der Waals surface area contributed by atoms with Crippen LogP contribution in [0.3, 0.4) is 0 Å². The fourth-order valence-electron chi connectivity index (χ4n) is 1.59. The van der Waals surface area contributed by atoms with Gasteiger partial charge in [0, 0.05) is 13.6 Å². The molecule has 2 rings (SSSR count). The highest BCUT2D eigenvalue weighted by atomic mass is 16.2. The first kappa shape index (κ1) is 13.9. The fourth-order valence-corrected chi connectivity index (χ4v) is 1.59. The van der Waals surface area contributed by atoms with Crippen LogP contribution in [-0.2, 0) is 6.54 Å². The quantitative estimate of drug-likeness (QED) is 0.804. The number of carbonyl (C=O) groups excluding carboxylic acids is 1. The summed E-state index contributed by atoms with van der Waals surface area (Å²) in [5.41, 5.74) is 0.300. The minimum atomic E-state index is -0.212. The predicted octanol–water partition coefficient (Wildman–Crippen LogP) is 0.689. The van der Waals surface area contributed by atoms with E-state index >= 15 is 0 Å². The van der Waals surface area contributed by atoms with Gasteiger partial charge in [-0.05, 0) is 18.6 Å². The van der Waals surface area contributed by atoms with Gasteiger partial charge in [-0.15, -0.1) is 10.2 Å². The van der Waals surface area contributed by atoms with Crippen molar-refractivity contribution < 1.29 is 4.79 Å². The number of aromatic nitrogens is 5. The van der Waals surface area contributed by atoms with Crippen molar-refractivity contribution in [3.05, 3.63) is 30.0 Å². The summed E-state index contributed by atoms with van der Waals surface area (Å²) in [4.78, 5) is 17.6. The Kier molecular flexibility index (Phi) is 4.59. The standard InChI is InChI=1S/C12H17N7O/c1-3-6-13-10-5-4-9(16-18-10)12(20)19(2)7-11-14-8-15-17-11/h4-5,8H,3,6-7H2,1-2H3,(H,13,18)(H,14,15,17). The molecule has 20 heavy (non-hydrogen) atoms. The molecular weight excluding hydrogens is 258 g/mol. The lowest BCUT2D eigenvalue weighted by atomic mass is 10.3. The van der Waals surface area contributed by atoms with E-state index in [-0.39, 0.29) is 5.91 Å². The topological polar surface area (TPSA) is 99.7 Å². The maximum Gasteiger partial charge on any atom is 0.274 e. The van der Waals surface area contributed by atoms with Gasteiger partial charge >= 0.3 is 0 Å². The Balaban J connectivity index is 1.97. The molecule has 0 fully saturated rings. The Hall–Kier alpha value is -2.51. The lowest BCUT2D eigenvalue weighted by Crippen LogP contribution is -2.27. The van der Waals surface area contributed by atoms with Crippen molar-refractivity contribution in [2.45, 2.75) is 19.9 Å². The van der Waals surface area contributed by atoms with E-state index in [1.807, 2.05) is 0 Å². The Morgan fingerprint density at radius 3 is 2.85 bits per heavy atom. The molecule has 0 unspecified atom stereocenters. The van der Waals surface area contributed by atoms with Crippen LogP contribution in [0.4, 0.5) is 5.82 Å².